The lowest BCUT2D eigenvalue weighted by Gasteiger charge is -2.20. The van der Waals surface area contributed by atoms with Gasteiger partial charge in [0.05, 0.1) is 6.10 Å². The highest BCUT2D eigenvalue weighted by Gasteiger charge is 2.16. The van der Waals surface area contributed by atoms with Crippen LogP contribution in [0.4, 0.5) is 0 Å². The van der Waals surface area contributed by atoms with Gasteiger partial charge in [-0.2, -0.15) is 0 Å². The van der Waals surface area contributed by atoms with Gasteiger partial charge >= 0.3 is 0 Å². The first-order valence-electron chi connectivity index (χ1n) is 4.68. The number of methoxy groups -OCH3 is 1. The molecule has 1 aromatic heterocycles. The van der Waals surface area contributed by atoms with Crippen LogP contribution in [0.3, 0.4) is 0 Å². The lowest BCUT2D eigenvalue weighted by atomic mass is 10.1. The number of hydrogen-bond acceptors (Lipinski definition) is 3. The molecule has 0 spiro atoms. The van der Waals surface area contributed by atoms with Crippen LogP contribution in [0.2, 0.25) is 0 Å². The smallest absolute Gasteiger partial charge is 0.0723 e. The summed E-state index contributed by atoms with van der Waals surface area (Å²) in [6, 6.07) is 2.21. The second-order valence-corrected chi connectivity index (χ2v) is 5.19. The van der Waals surface area contributed by atoms with Crippen LogP contribution in [0.5, 0.6) is 0 Å². The number of hydrogen-bond donors (Lipinski definition) is 1. The standard InChI is InChI=1S/C10H16BrNOS/c1-3-10(13-2)9(12)5-8-4-7(11)6-14-8/h4,6,9-10H,3,5,12H2,1-2H3. The summed E-state index contributed by atoms with van der Waals surface area (Å²) >= 11 is 5.17. The maximum atomic E-state index is 6.05. The summed E-state index contributed by atoms with van der Waals surface area (Å²) < 4.78 is 6.44. The molecule has 1 heterocycles. The second-order valence-electron chi connectivity index (χ2n) is 3.28. The monoisotopic (exact) mass is 277 g/mol. The van der Waals surface area contributed by atoms with E-state index >= 15 is 0 Å². The molecule has 4 heteroatoms. The van der Waals surface area contributed by atoms with Gasteiger partial charge in [0.15, 0.2) is 0 Å². The molecule has 0 radical (unpaired) electrons. The Morgan fingerprint density at radius 1 is 1.64 bits per heavy atom. The van der Waals surface area contributed by atoms with Crippen molar-refractivity contribution in [2.75, 3.05) is 7.11 Å². The van der Waals surface area contributed by atoms with E-state index in [1.54, 1.807) is 18.4 Å². The lowest BCUT2D eigenvalue weighted by Crippen LogP contribution is -2.37. The zero-order valence-electron chi connectivity index (χ0n) is 8.50. The van der Waals surface area contributed by atoms with Crippen molar-refractivity contribution in [2.24, 2.45) is 5.73 Å². The van der Waals surface area contributed by atoms with Crippen LogP contribution in [0.1, 0.15) is 18.2 Å². The summed E-state index contributed by atoms with van der Waals surface area (Å²) in [7, 11) is 1.72. The van der Waals surface area contributed by atoms with Crippen molar-refractivity contribution in [3.8, 4) is 0 Å². The molecule has 0 saturated heterocycles. The highest BCUT2D eigenvalue weighted by atomic mass is 79.9. The summed E-state index contributed by atoms with van der Waals surface area (Å²) in [6.45, 7) is 2.10. The number of ether oxygens (including phenoxy) is 1. The van der Waals surface area contributed by atoms with E-state index in [4.69, 9.17) is 10.5 Å². The first-order valence-corrected chi connectivity index (χ1v) is 6.36. The molecule has 0 aliphatic rings. The molecule has 0 amide bonds. The van der Waals surface area contributed by atoms with E-state index in [2.05, 4.69) is 34.3 Å². The molecule has 2 atom stereocenters. The summed E-state index contributed by atoms with van der Waals surface area (Å²) in [6.07, 6.45) is 2.02. The van der Waals surface area contributed by atoms with E-state index in [9.17, 15) is 0 Å². The Bertz CT molecular complexity index is 273. The minimum atomic E-state index is 0.0931. The van der Waals surface area contributed by atoms with Gasteiger partial charge in [0.25, 0.3) is 0 Å². The zero-order chi connectivity index (χ0) is 10.6. The molecule has 2 unspecified atom stereocenters. The molecule has 0 bridgehead atoms. The number of halogens is 1. The van der Waals surface area contributed by atoms with Crippen molar-refractivity contribution in [3.63, 3.8) is 0 Å². The van der Waals surface area contributed by atoms with Gasteiger partial charge in [-0.1, -0.05) is 6.92 Å². The fourth-order valence-corrected chi connectivity index (χ4v) is 2.99. The van der Waals surface area contributed by atoms with Crippen LogP contribution in [0.15, 0.2) is 15.9 Å². The van der Waals surface area contributed by atoms with Crippen molar-refractivity contribution >= 4 is 27.3 Å². The van der Waals surface area contributed by atoms with E-state index < -0.39 is 0 Å². The van der Waals surface area contributed by atoms with Gasteiger partial charge in [0.2, 0.25) is 0 Å². The fourth-order valence-electron chi connectivity index (χ4n) is 1.47. The van der Waals surface area contributed by atoms with Crippen LogP contribution in [-0.4, -0.2) is 19.3 Å². The molecular weight excluding hydrogens is 262 g/mol. The Morgan fingerprint density at radius 3 is 2.79 bits per heavy atom. The summed E-state index contributed by atoms with van der Waals surface area (Å²) in [4.78, 5) is 1.31. The normalized spacial score (nSPS) is 15.4. The van der Waals surface area contributed by atoms with Gasteiger partial charge in [-0.25, -0.2) is 0 Å². The third-order valence-corrected chi connectivity index (χ3v) is 3.96. The van der Waals surface area contributed by atoms with Gasteiger partial charge in [-0.15, -0.1) is 11.3 Å². The third-order valence-electron chi connectivity index (χ3n) is 2.24. The van der Waals surface area contributed by atoms with Gasteiger partial charge in [0, 0.05) is 27.9 Å². The van der Waals surface area contributed by atoms with Crippen molar-refractivity contribution in [1.29, 1.82) is 0 Å². The van der Waals surface area contributed by atoms with Crippen LogP contribution >= 0.6 is 27.3 Å². The average Bonchev–Trinajstić information content (AvgIpc) is 2.53. The Hall–Kier alpha value is 0.1000. The molecule has 0 aromatic carbocycles. The predicted molar refractivity (Wildman–Crippen MR) is 64.8 cm³/mol. The quantitative estimate of drug-likeness (QED) is 0.899. The van der Waals surface area contributed by atoms with E-state index in [0.717, 1.165) is 17.3 Å². The Balaban J connectivity index is 2.51. The van der Waals surface area contributed by atoms with Crippen LogP contribution in [0, 0.1) is 0 Å². The third kappa shape index (κ3) is 3.35. The molecule has 0 aliphatic carbocycles. The minimum Gasteiger partial charge on any atom is -0.380 e. The summed E-state index contributed by atoms with van der Waals surface area (Å²) in [5, 5.41) is 2.08. The van der Waals surface area contributed by atoms with Crippen molar-refractivity contribution in [3.05, 3.63) is 20.8 Å². The molecule has 2 nitrogen and oxygen atoms in total. The number of rotatable bonds is 5. The van der Waals surface area contributed by atoms with E-state index in [1.807, 2.05) is 0 Å². The van der Waals surface area contributed by atoms with E-state index in [-0.39, 0.29) is 12.1 Å². The van der Waals surface area contributed by atoms with Crippen molar-refractivity contribution in [1.82, 2.24) is 0 Å². The molecule has 0 fully saturated rings. The highest BCUT2D eigenvalue weighted by Crippen LogP contribution is 2.21. The first kappa shape index (κ1) is 12.2. The predicted octanol–water partition coefficient (Wildman–Crippen LogP) is 2.81. The van der Waals surface area contributed by atoms with Gasteiger partial charge in [0.1, 0.15) is 0 Å². The molecule has 1 rings (SSSR count). The minimum absolute atomic E-state index is 0.0931. The Morgan fingerprint density at radius 2 is 2.36 bits per heavy atom. The maximum absolute atomic E-state index is 6.05. The molecule has 1 aromatic rings. The van der Waals surface area contributed by atoms with Gasteiger partial charge < -0.3 is 10.5 Å². The van der Waals surface area contributed by atoms with Gasteiger partial charge in [-0.05, 0) is 34.8 Å². The molecule has 14 heavy (non-hydrogen) atoms. The molecule has 0 saturated carbocycles. The second kappa shape index (κ2) is 5.85. The first-order chi connectivity index (χ1) is 6.67. The Labute approximate surface area is 97.6 Å². The van der Waals surface area contributed by atoms with E-state index in [0.29, 0.717) is 0 Å². The molecule has 80 valence electrons. The SMILES string of the molecule is CCC(OC)C(N)Cc1cc(Br)cs1. The van der Waals surface area contributed by atoms with Crippen LogP contribution in [-0.2, 0) is 11.2 Å². The van der Waals surface area contributed by atoms with Crippen LogP contribution in [0.25, 0.3) is 0 Å². The molecular formula is C10H16BrNOS. The van der Waals surface area contributed by atoms with Crippen molar-refractivity contribution < 1.29 is 4.74 Å². The lowest BCUT2D eigenvalue weighted by molar-refractivity contribution is 0.0775. The maximum Gasteiger partial charge on any atom is 0.0723 e. The van der Waals surface area contributed by atoms with Gasteiger partial charge in [-0.3, -0.25) is 0 Å². The largest absolute Gasteiger partial charge is 0.380 e. The van der Waals surface area contributed by atoms with Crippen LogP contribution < -0.4 is 5.73 Å². The number of nitrogens with two attached hydrogens (primary N) is 1. The zero-order valence-corrected chi connectivity index (χ0v) is 10.9. The topological polar surface area (TPSA) is 35.2 Å². The summed E-state index contributed by atoms with van der Waals surface area (Å²) in [5.41, 5.74) is 6.05. The van der Waals surface area contributed by atoms with Crippen molar-refractivity contribution in [2.45, 2.75) is 31.9 Å². The fraction of sp³-hybridized carbons (Fsp3) is 0.600. The van der Waals surface area contributed by atoms with E-state index in [1.165, 1.54) is 4.88 Å². The summed E-state index contributed by atoms with van der Waals surface area (Å²) in [5.74, 6) is 0. The highest BCUT2D eigenvalue weighted by molar-refractivity contribution is 9.10. The number of thiophene rings is 1. The molecule has 0 aliphatic heterocycles. The average molecular weight is 278 g/mol. The molecule has 2 N–H and O–H groups in total. The Kier molecular flexibility index (Phi) is 5.09.